The number of fused-ring (bicyclic) bond motifs is 2. The van der Waals surface area contributed by atoms with Crippen LogP contribution in [-0.4, -0.2) is 5.71 Å². The quantitative estimate of drug-likeness (QED) is 0.476. The standard InChI is InChI=1S/C19H14ClN2O/c1-22-10-8-13(9-11-22)19-15-4-2-3-5-17(15)23-18-7-6-14(20)12-16(18)21-19/h2-12H,1H3/q+1. The fourth-order valence-corrected chi connectivity index (χ4v) is 2.76. The smallest absolute Gasteiger partial charge is 0.169 e. The van der Waals surface area contributed by atoms with Crippen LogP contribution >= 0.6 is 11.6 Å². The number of ether oxygens (including phenoxy) is 1. The summed E-state index contributed by atoms with van der Waals surface area (Å²) in [5.74, 6) is 1.50. The van der Waals surface area contributed by atoms with Gasteiger partial charge < -0.3 is 4.74 Å². The van der Waals surface area contributed by atoms with Gasteiger partial charge in [0.1, 0.15) is 18.5 Å². The second kappa shape index (κ2) is 5.52. The van der Waals surface area contributed by atoms with Crippen molar-refractivity contribution in [3.05, 3.63) is 83.1 Å². The summed E-state index contributed by atoms with van der Waals surface area (Å²) in [6, 6.07) is 17.5. The summed E-state index contributed by atoms with van der Waals surface area (Å²) in [4.78, 5) is 4.84. The molecule has 1 aliphatic rings. The maximum absolute atomic E-state index is 6.13. The molecule has 2 heterocycles. The van der Waals surface area contributed by atoms with E-state index < -0.39 is 0 Å². The van der Waals surface area contributed by atoms with Crippen LogP contribution in [0.3, 0.4) is 0 Å². The molecule has 0 saturated heterocycles. The third-order valence-corrected chi connectivity index (χ3v) is 4.00. The van der Waals surface area contributed by atoms with E-state index in [9.17, 15) is 0 Å². The number of aromatic nitrogens is 1. The third kappa shape index (κ3) is 2.60. The highest BCUT2D eigenvalue weighted by Crippen LogP contribution is 2.39. The number of halogens is 1. The van der Waals surface area contributed by atoms with Gasteiger partial charge in [0.25, 0.3) is 0 Å². The summed E-state index contributed by atoms with van der Waals surface area (Å²) < 4.78 is 8.05. The summed E-state index contributed by atoms with van der Waals surface area (Å²) in [7, 11) is 1.99. The van der Waals surface area contributed by atoms with E-state index in [1.807, 2.05) is 78.6 Å². The summed E-state index contributed by atoms with van der Waals surface area (Å²) >= 11 is 6.13. The van der Waals surface area contributed by atoms with Gasteiger partial charge in [-0.25, -0.2) is 9.56 Å². The fraction of sp³-hybridized carbons (Fsp3) is 0.0526. The molecule has 0 bridgehead atoms. The molecule has 4 heteroatoms. The maximum atomic E-state index is 6.13. The number of rotatable bonds is 1. The number of nitrogens with zero attached hydrogens (tertiary/aromatic N) is 2. The minimum Gasteiger partial charge on any atom is -0.454 e. The van der Waals surface area contributed by atoms with Crippen LogP contribution in [0.2, 0.25) is 5.02 Å². The van der Waals surface area contributed by atoms with E-state index in [-0.39, 0.29) is 0 Å². The van der Waals surface area contributed by atoms with E-state index in [4.69, 9.17) is 21.3 Å². The van der Waals surface area contributed by atoms with Gasteiger partial charge in [-0.2, -0.15) is 0 Å². The van der Waals surface area contributed by atoms with Gasteiger partial charge >= 0.3 is 0 Å². The predicted octanol–water partition coefficient (Wildman–Crippen LogP) is 4.44. The molecule has 0 atom stereocenters. The maximum Gasteiger partial charge on any atom is 0.169 e. The summed E-state index contributed by atoms with van der Waals surface area (Å²) in [5.41, 5.74) is 3.61. The molecule has 1 aliphatic heterocycles. The molecule has 0 unspecified atom stereocenters. The molecule has 3 nitrogen and oxygen atoms in total. The molecule has 0 aliphatic carbocycles. The lowest BCUT2D eigenvalue weighted by Crippen LogP contribution is -2.26. The monoisotopic (exact) mass is 321 g/mol. The third-order valence-electron chi connectivity index (χ3n) is 3.77. The Bertz CT molecular complexity index is 917. The van der Waals surface area contributed by atoms with E-state index in [1.165, 1.54) is 0 Å². The molecule has 0 amide bonds. The van der Waals surface area contributed by atoms with E-state index >= 15 is 0 Å². The Kier molecular flexibility index (Phi) is 3.36. The summed E-state index contributed by atoms with van der Waals surface area (Å²) in [6.45, 7) is 0. The number of hydrogen-bond donors (Lipinski definition) is 0. The van der Waals surface area contributed by atoms with Crippen LogP contribution in [0.4, 0.5) is 5.69 Å². The number of pyridine rings is 1. The van der Waals surface area contributed by atoms with Crippen molar-refractivity contribution in [2.24, 2.45) is 12.0 Å². The molecule has 112 valence electrons. The van der Waals surface area contributed by atoms with E-state index in [1.54, 1.807) is 0 Å². The Morgan fingerprint density at radius 3 is 2.57 bits per heavy atom. The van der Waals surface area contributed by atoms with Gasteiger partial charge in [0.05, 0.1) is 5.71 Å². The van der Waals surface area contributed by atoms with Crippen LogP contribution in [0.25, 0.3) is 0 Å². The average molecular weight is 322 g/mol. The van der Waals surface area contributed by atoms with Gasteiger partial charge in [0.2, 0.25) is 0 Å². The number of aryl methyl sites for hydroxylation is 1. The van der Waals surface area contributed by atoms with Gasteiger partial charge in [-0.3, -0.25) is 0 Å². The molecule has 4 rings (SSSR count). The molecule has 1 aromatic heterocycles. The Hall–Kier alpha value is -2.65. The molecule has 0 saturated carbocycles. The van der Waals surface area contributed by atoms with Crippen molar-refractivity contribution in [2.75, 3.05) is 0 Å². The Morgan fingerprint density at radius 2 is 1.74 bits per heavy atom. The summed E-state index contributed by atoms with van der Waals surface area (Å²) in [6.07, 6.45) is 4.01. The van der Waals surface area contributed by atoms with Crippen LogP contribution in [0.1, 0.15) is 11.1 Å². The molecule has 0 radical (unpaired) electrons. The fourth-order valence-electron chi connectivity index (χ4n) is 2.59. The van der Waals surface area contributed by atoms with Crippen LogP contribution < -0.4 is 9.30 Å². The topological polar surface area (TPSA) is 25.5 Å². The lowest BCUT2D eigenvalue weighted by molar-refractivity contribution is -0.671. The lowest BCUT2D eigenvalue weighted by Gasteiger charge is -2.09. The first kappa shape index (κ1) is 14.0. The van der Waals surface area contributed by atoms with Gasteiger partial charge in [0.15, 0.2) is 18.1 Å². The normalized spacial score (nSPS) is 12.5. The van der Waals surface area contributed by atoms with Crippen molar-refractivity contribution >= 4 is 23.0 Å². The molecule has 0 spiro atoms. The van der Waals surface area contributed by atoms with Crippen molar-refractivity contribution < 1.29 is 9.30 Å². The lowest BCUT2D eigenvalue weighted by atomic mass is 10.0. The van der Waals surface area contributed by atoms with Crippen molar-refractivity contribution in [1.82, 2.24) is 0 Å². The highest BCUT2D eigenvalue weighted by atomic mass is 35.5. The first-order chi connectivity index (χ1) is 11.2. The Balaban J connectivity index is 1.98. The largest absolute Gasteiger partial charge is 0.454 e. The van der Waals surface area contributed by atoms with Crippen LogP contribution in [0.5, 0.6) is 11.5 Å². The highest BCUT2D eigenvalue weighted by molar-refractivity contribution is 6.31. The van der Waals surface area contributed by atoms with E-state index in [0.717, 1.165) is 28.3 Å². The van der Waals surface area contributed by atoms with Gasteiger partial charge in [0, 0.05) is 28.3 Å². The minimum atomic E-state index is 0.640. The number of benzene rings is 2. The van der Waals surface area contributed by atoms with Crippen LogP contribution in [0.15, 0.2) is 72.0 Å². The molecule has 0 N–H and O–H groups in total. The second-order valence-electron chi connectivity index (χ2n) is 5.42. The van der Waals surface area contributed by atoms with Crippen molar-refractivity contribution in [1.29, 1.82) is 0 Å². The zero-order valence-electron chi connectivity index (χ0n) is 12.5. The van der Waals surface area contributed by atoms with Crippen molar-refractivity contribution in [2.45, 2.75) is 0 Å². The predicted molar refractivity (Wildman–Crippen MR) is 90.9 cm³/mol. The van der Waals surface area contributed by atoms with Gasteiger partial charge in [-0.1, -0.05) is 23.7 Å². The molecule has 3 aromatic rings. The first-order valence-corrected chi connectivity index (χ1v) is 7.70. The van der Waals surface area contributed by atoms with Crippen molar-refractivity contribution in [3.63, 3.8) is 0 Å². The highest BCUT2D eigenvalue weighted by Gasteiger charge is 2.19. The van der Waals surface area contributed by atoms with Crippen LogP contribution in [0, 0.1) is 0 Å². The molecular weight excluding hydrogens is 308 g/mol. The van der Waals surface area contributed by atoms with E-state index in [2.05, 4.69) is 0 Å². The molecule has 0 fully saturated rings. The van der Waals surface area contributed by atoms with Gasteiger partial charge in [-0.05, 0) is 30.3 Å². The Labute approximate surface area is 139 Å². The second-order valence-corrected chi connectivity index (χ2v) is 5.86. The van der Waals surface area contributed by atoms with Crippen molar-refractivity contribution in [3.8, 4) is 11.5 Å². The molecule has 23 heavy (non-hydrogen) atoms. The van der Waals surface area contributed by atoms with Crippen LogP contribution in [-0.2, 0) is 7.05 Å². The summed E-state index contributed by atoms with van der Waals surface area (Å²) in [5, 5.41) is 0.640. The number of para-hydroxylation sites is 1. The van der Waals surface area contributed by atoms with E-state index in [0.29, 0.717) is 10.8 Å². The zero-order chi connectivity index (χ0) is 15.8. The molecular formula is C19H14ClN2O+. The number of aliphatic imine (C=N–C) groups is 1. The SMILES string of the molecule is C[n+]1ccc(C2=Nc3cc(Cl)ccc3Oc3ccccc32)cc1. The zero-order valence-corrected chi connectivity index (χ0v) is 13.3. The minimum absolute atomic E-state index is 0.640. The molecule has 2 aromatic carbocycles. The van der Waals surface area contributed by atoms with Gasteiger partial charge in [-0.15, -0.1) is 0 Å². The number of hydrogen-bond acceptors (Lipinski definition) is 2. The first-order valence-electron chi connectivity index (χ1n) is 7.32. The Morgan fingerprint density at radius 1 is 0.957 bits per heavy atom. The average Bonchev–Trinajstić information content (AvgIpc) is 2.72.